The largest absolute Gasteiger partial charge is 0.342 e. The number of piperidine rings is 1. The molecule has 0 aromatic carbocycles. The Morgan fingerprint density at radius 1 is 1.22 bits per heavy atom. The van der Waals surface area contributed by atoms with Gasteiger partial charge < -0.3 is 10.6 Å². The van der Waals surface area contributed by atoms with Gasteiger partial charge in [0.05, 0.1) is 5.41 Å². The van der Waals surface area contributed by atoms with Gasteiger partial charge in [-0.15, -0.1) is 0 Å². The molecule has 0 spiro atoms. The molecule has 0 bridgehead atoms. The van der Waals surface area contributed by atoms with Gasteiger partial charge >= 0.3 is 0 Å². The van der Waals surface area contributed by atoms with E-state index in [-0.39, 0.29) is 5.91 Å². The molecule has 3 nitrogen and oxygen atoms in total. The molecule has 1 fully saturated rings. The van der Waals surface area contributed by atoms with E-state index in [2.05, 4.69) is 6.92 Å². The monoisotopic (exact) mass is 254 g/mol. The molecule has 0 aromatic rings. The molecule has 3 heteroatoms. The Morgan fingerprint density at radius 3 is 2.11 bits per heavy atom. The van der Waals surface area contributed by atoms with Crippen molar-refractivity contribution in [2.75, 3.05) is 13.1 Å². The lowest BCUT2D eigenvalue weighted by atomic mass is 9.73. The average Bonchev–Trinajstić information content (AvgIpc) is 2.28. The zero-order valence-corrected chi connectivity index (χ0v) is 12.8. The number of nitrogens with two attached hydrogens (primary N) is 1. The van der Waals surface area contributed by atoms with Gasteiger partial charge in [-0.2, -0.15) is 0 Å². The second-order valence-corrected chi connectivity index (χ2v) is 6.87. The van der Waals surface area contributed by atoms with Gasteiger partial charge in [-0.1, -0.05) is 19.8 Å². The average molecular weight is 254 g/mol. The molecule has 0 aromatic heterocycles. The predicted molar refractivity (Wildman–Crippen MR) is 76.3 cm³/mol. The van der Waals surface area contributed by atoms with Gasteiger partial charge in [0.1, 0.15) is 0 Å². The van der Waals surface area contributed by atoms with E-state index in [1.807, 2.05) is 32.6 Å². The maximum absolute atomic E-state index is 12.6. The third-order valence-electron chi connectivity index (χ3n) is 4.74. The highest BCUT2D eigenvalue weighted by atomic mass is 16.2. The zero-order chi connectivity index (χ0) is 14.0. The summed E-state index contributed by atoms with van der Waals surface area (Å²) in [7, 11) is 0. The summed E-state index contributed by atoms with van der Waals surface area (Å²) in [6.45, 7) is 11.9. The molecule has 0 radical (unpaired) electrons. The van der Waals surface area contributed by atoms with E-state index in [0.717, 1.165) is 31.8 Å². The summed E-state index contributed by atoms with van der Waals surface area (Å²) < 4.78 is 0. The number of rotatable bonds is 4. The first kappa shape index (κ1) is 15.5. The van der Waals surface area contributed by atoms with Crippen LogP contribution in [0.4, 0.5) is 0 Å². The number of nitrogens with zero attached hydrogens (tertiary/aromatic N) is 1. The Kier molecular flexibility index (Phi) is 4.82. The Morgan fingerprint density at radius 2 is 1.72 bits per heavy atom. The molecular weight excluding hydrogens is 224 g/mol. The van der Waals surface area contributed by atoms with Gasteiger partial charge in [0, 0.05) is 18.6 Å². The molecule has 1 saturated heterocycles. The number of amides is 1. The van der Waals surface area contributed by atoms with Crippen molar-refractivity contribution >= 4 is 5.91 Å². The Balaban J connectivity index is 2.60. The minimum Gasteiger partial charge on any atom is -0.342 e. The van der Waals surface area contributed by atoms with E-state index in [9.17, 15) is 4.79 Å². The summed E-state index contributed by atoms with van der Waals surface area (Å²) in [5.74, 6) is 1.03. The number of hydrogen-bond donors (Lipinski definition) is 1. The highest BCUT2D eigenvalue weighted by Crippen LogP contribution is 2.32. The molecule has 1 rings (SSSR count). The summed E-state index contributed by atoms with van der Waals surface area (Å²) in [6, 6.07) is 0. The van der Waals surface area contributed by atoms with Gasteiger partial charge in [0.2, 0.25) is 5.91 Å². The standard InChI is InChI=1S/C15H30N2O/c1-6-7-12-8-10-17(11-9-12)13(18)14(2,3)15(4,5)16/h12H,6-11,16H2,1-5H3. The summed E-state index contributed by atoms with van der Waals surface area (Å²) in [5, 5.41) is 0. The predicted octanol–water partition coefficient (Wildman–Crippen LogP) is 2.79. The number of carbonyl (C=O) groups excluding carboxylic acids is 1. The van der Waals surface area contributed by atoms with Crippen molar-refractivity contribution in [3.63, 3.8) is 0 Å². The fourth-order valence-electron chi connectivity index (χ4n) is 2.50. The van der Waals surface area contributed by atoms with E-state index >= 15 is 0 Å². The molecule has 0 aliphatic carbocycles. The van der Waals surface area contributed by atoms with Gasteiger partial charge in [0.15, 0.2) is 0 Å². The van der Waals surface area contributed by atoms with Crippen LogP contribution in [0.15, 0.2) is 0 Å². The molecule has 1 amide bonds. The lowest BCUT2D eigenvalue weighted by molar-refractivity contribution is -0.145. The zero-order valence-electron chi connectivity index (χ0n) is 12.8. The fourth-order valence-corrected chi connectivity index (χ4v) is 2.50. The quantitative estimate of drug-likeness (QED) is 0.838. The van der Waals surface area contributed by atoms with Gasteiger partial charge in [0.25, 0.3) is 0 Å². The molecule has 1 aliphatic heterocycles. The highest BCUT2D eigenvalue weighted by molar-refractivity contribution is 5.83. The summed E-state index contributed by atoms with van der Waals surface area (Å²) in [4.78, 5) is 14.6. The Hall–Kier alpha value is -0.570. The molecular formula is C15H30N2O. The molecule has 0 unspecified atom stereocenters. The van der Waals surface area contributed by atoms with E-state index in [4.69, 9.17) is 5.73 Å². The molecule has 2 N–H and O–H groups in total. The van der Waals surface area contributed by atoms with Crippen LogP contribution in [0.2, 0.25) is 0 Å². The number of likely N-dealkylation sites (tertiary alicyclic amines) is 1. The minimum absolute atomic E-state index is 0.213. The normalized spacial score (nSPS) is 19.1. The maximum Gasteiger partial charge on any atom is 0.230 e. The lowest BCUT2D eigenvalue weighted by Crippen LogP contribution is -2.57. The molecule has 0 atom stereocenters. The van der Waals surface area contributed by atoms with Gasteiger partial charge in [-0.25, -0.2) is 0 Å². The Bertz CT molecular complexity index is 283. The number of hydrogen-bond acceptors (Lipinski definition) is 2. The highest BCUT2D eigenvalue weighted by Gasteiger charge is 2.43. The van der Waals surface area contributed by atoms with Crippen molar-refractivity contribution in [1.82, 2.24) is 4.90 Å². The van der Waals surface area contributed by atoms with E-state index in [1.54, 1.807) is 0 Å². The smallest absolute Gasteiger partial charge is 0.230 e. The maximum atomic E-state index is 12.6. The fraction of sp³-hybridized carbons (Fsp3) is 0.933. The van der Waals surface area contributed by atoms with Crippen molar-refractivity contribution in [1.29, 1.82) is 0 Å². The second kappa shape index (κ2) is 5.60. The third kappa shape index (κ3) is 3.25. The van der Waals surface area contributed by atoms with Crippen LogP contribution < -0.4 is 5.73 Å². The van der Waals surface area contributed by atoms with Crippen LogP contribution in [0, 0.1) is 11.3 Å². The third-order valence-corrected chi connectivity index (χ3v) is 4.74. The minimum atomic E-state index is -0.495. The van der Waals surface area contributed by atoms with E-state index in [1.165, 1.54) is 12.8 Å². The van der Waals surface area contributed by atoms with Crippen molar-refractivity contribution in [3.05, 3.63) is 0 Å². The summed E-state index contributed by atoms with van der Waals surface area (Å²) >= 11 is 0. The van der Waals surface area contributed by atoms with Crippen molar-refractivity contribution in [2.24, 2.45) is 17.1 Å². The SMILES string of the molecule is CCCC1CCN(C(=O)C(C)(C)C(C)(C)N)CC1. The molecule has 1 aliphatic rings. The van der Waals surface area contributed by atoms with Crippen LogP contribution >= 0.6 is 0 Å². The van der Waals surface area contributed by atoms with Crippen LogP contribution in [-0.4, -0.2) is 29.4 Å². The van der Waals surface area contributed by atoms with Crippen LogP contribution in [0.5, 0.6) is 0 Å². The second-order valence-electron chi connectivity index (χ2n) is 6.87. The van der Waals surface area contributed by atoms with Crippen LogP contribution in [-0.2, 0) is 4.79 Å². The van der Waals surface area contributed by atoms with Crippen LogP contribution in [0.3, 0.4) is 0 Å². The molecule has 0 saturated carbocycles. The molecule has 106 valence electrons. The summed E-state index contributed by atoms with van der Waals surface area (Å²) in [5.41, 5.74) is 5.17. The van der Waals surface area contributed by atoms with Crippen molar-refractivity contribution in [3.8, 4) is 0 Å². The van der Waals surface area contributed by atoms with Gasteiger partial charge in [-0.05, 0) is 46.5 Å². The van der Waals surface area contributed by atoms with Crippen LogP contribution in [0.25, 0.3) is 0 Å². The number of carbonyl (C=O) groups is 1. The topological polar surface area (TPSA) is 46.3 Å². The molecule has 1 heterocycles. The molecule has 18 heavy (non-hydrogen) atoms. The van der Waals surface area contributed by atoms with Crippen molar-refractivity contribution in [2.45, 2.75) is 65.8 Å². The first-order chi connectivity index (χ1) is 8.20. The first-order valence-electron chi connectivity index (χ1n) is 7.28. The van der Waals surface area contributed by atoms with Gasteiger partial charge in [-0.3, -0.25) is 4.79 Å². The Labute approximate surface area is 112 Å². The van der Waals surface area contributed by atoms with Crippen LogP contribution in [0.1, 0.15) is 60.3 Å². The van der Waals surface area contributed by atoms with Crippen molar-refractivity contribution < 1.29 is 4.79 Å². The summed E-state index contributed by atoms with van der Waals surface area (Å²) in [6.07, 6.45) is 4.86. The first-order valence-corrected chi connectivity index (χ1v) is 7.28. The van der Waals surface area contributed by atoms with E-state index < -0.39 is 11.0 Å². The van der Waals surface area contributed by atoms with E-state index in [0.29, 0.717) is 0 Å². The lowest BCUT2D eigenvalue weighted by Gasteiger charge is -2.42.